The number of alkyl carbamates (subject to hydrolysis) is 1. The van der Waals surface area contributed by atoms with Crippen LogP contribution in [0.4, 0.5) is 9.59 Å². The number of benzene rings is 1. The van der Waals surface area contributed by atoms with Crippen molar-refractivity contribution in [3.63, 3.8) is 0 Å². The molecular formula is C66H97NO18. The molecule has 3 N–H and O–H groups in total. The Hall–Kier alpha value is -5.15. The first-order valence-corrected chi connectivity index (χ1v) is 31.0. The van der Waals surface area contributed by atoms with Gasteiger partial charge in [-0.3, -0.25) is 4.79 Å². The van der Waals surface area contributed by atoms with Gasteiger partial charge < -0.3 is 67.6 Å². The van der Waals surface area contributed by atoms with Crippen molar-refractivity contribution >= 4 is 30.2 Å². The summed E-state index contributed by atoms with van der Waals surface area (Å²) >= 11 is 0. The van der Waals surface area contributed by atoms with E-state index in [0.29, 0.717) is 6.42 Å². The number of nitrogens with one attached hydrogen (secondary N) is 1. The molecule has 1 aromatic carbocycles. The third-order valence-corrected chi connectivity index (χ3v) is 17.8. The minimum Gasteiger partial charge on any atom is -0.457 e. The van der Waals surface area contributed by atoms with E-state index in [4.69, 9.17) is 52.1 Å². The molecule has 19 nitrogen and oxygen atoms in total. The van der Waals surface area contributed by atoms with E-state index in [9.17, 15) is 29.4 Å². The molecule has 1 amide bonds. The van der Waals surface area contributed by atoms with Gasteiger partial charge in [-0.2, -0.15) is 0 Å². The van der Waals surface area contributed by atoms with Crippen LogP contribution in [0.25, 0.3) is 0 Å². The molecule has 2 saturated carbocycles. The van der Waals surface area contributed by atoms with Crippen molar-refractivity contribution in [3.05, 3.63) is 84.0 Å². The molecule has 5 fully saturated rings. The highest BCUT2D eigenvalue weighted by atomic mass is 16.8. The first-order chi connectivity index (χ1) is 40.3. The maximum Gasteiger partial charge on any atom is 0.509 e. The highest BCUT2D eigenvalue weighted by molar-refractivity contribution is 5.89. The van der Waals surface area contributed by atoms with Gasteiger partial charge in [0.05, 0.1) is 54.0 Å². The van der Waals surface area contributed by atoms with Gasteiger partial charge in [0.1, 0.15) is 42.7 Å². The van der Waals surface area contributed by atoms with Gasteiger partial charge in [0.25, 0.3) is 0 Å². The first kappa shape index (κ1) is 67.4. The summed E-state index contributed by atoms with van der Waals surface area (Å²) in [6, 6.07) is 7.00. The lowest BCUT2D eigenvalue weighted by atomic mass is 9.49. The Kier molecular flexibility index (Phi) is 23.2. The summed E-state index contributed by atoms with van der Waals surface area (Å²) in [6.07, 6.45) is 10.0. The number of fused-ring (bicyclic) bond motifs is 3. The maximum absolute atomic E-state index is 15.3. The normalized spacial score (nSPS) is 31.4. The number of allylic oxidation sites excluding steroid dienone is 4. The van der Waals surface area contributed by atoms with E-state index in [1.165, 1.54) is 52.5 Å². The Balaban J connectivity index is 1.12. The van der Waals surface area contributed by atoms with Gasteiger partial charge in [0.15, 0.2) is 18.2 Å². The molecule has 3 saturated heterocycles. The molecule has 85 heavy (non-hydrogen) atoms. The third kappa shape index (κ3) is 15.8. The van der Waals surface area contributed by atoms with Gasteiger partial charge in [-0.1, -0.05) is 115 Å². The van der Waals surface area contributed by atoms with Crippen LogP contribution in [0.1, 0.15) is 183 Å². The second kappa shape index (κ2) is 29.2. The molecular weight excluding hydrogens is 1090 g/mol. The molecule has 7 rings (SSSR count). The van der Waals surface area contributed by atoms with Gasteiger partial charge in [-0.05, 0) is 122 Å². The largest absolute Gasteiger partial charge is 0.509 e. The lowest BCUT2D eigenvalue weighted by molar-refractivity contribution is -0.392. The fourth-order valence-electron chi connectivity index (χ4n) is 13.8. The van der Waals surface area contributed by atoms with E-state index in [-0.39, 0.29) is 61.7 Å². The van der Waals surface area contributed by atoms with Gasteiger partial charge >= 0.3 is 30.2 Å². The van der Waals surface area contributed by atoms with Gasteiger partial charge in [-0.25, -0.2) is 19.2 Å². The number of hydrogen-bond acceptors (Lipinski definition) is 18. The zero-order chi connectivity index (χ0) is 61.9. The number of aliphatic hydroxyl groups excluding tert-OH is 1. The highest BCUT2D eigenvalue weighted by Crippen LogP contribution is 2.69. The predicted molar refractivity (Wildman–Crippen MR) is 315 cm³/mol. The van der Waals surface area contributed by atoms with Gasteiger partial charge in [0.2, 0.25) is 6.10 Å². The molecule has 1 aromatic rings. The molecule has 15 atom stereocenters. The summed E-state index contributed by atoms with van der Waals surface area (Å²) < 4.78 is 68.3. The molecule has 0 bridgehead atoms. The van der Waals surface area contributed by atoms with E-state index in [0.717, 1.165) is 44.9 Å². The summed E-state index contributed by atoms with van der Waals surface area (Å²) in [5.41, 5.74) is -7.04. The number of unbranched alkanes of at least 4 members (excludes halogenated alkanes) is 8. The molecule has 474 valence electrons. The lowest BCUT2D eigenvalue weighted by Gasteiger charge is -2.67. The first-order valence-electron chi connectivity index (χ1n) is 31.0. The van der Waals surface area contributed by atoms with E-state index < -0.39 is 131 Å². The smallest absolute Gasteiger partial charge is 0.457 e. The number of esters is 3. The van der Waals surface area contributed by atoms with Crippen LogP contribution in [0.2, 0.25) is 0 Å². The summed E-state index contributed by atoms with van der Waals surface area (Å²) in [4.78, 5) is 70.9. The summed E-state index contributed by atoms with van der Waals surface area (Å²) in [6.45, 7) is 22.4. The van der Waals surface area contributed by atoms with Crippen molar-refractivity contribution in [2.45, 2.75) is 257 Å². The number of carbonyl (C=O) groups is 5. The summed E-state index contributed by atoms with van der Waals surface area (Å²) in [7, 11) is 0. The fraction of sp³-hybridized carbons (Fsp3) is 0.712. The quantitative estimate of drug-likeness (QED) is 0.0306. The van der Waals surface area contributed by atoms with Crippen LogP contribution in [0.5, 0.6) is 0 Å². The Morgan fingerprint density at radius 2 is 1.56 bits per heavy atom. The van der Waals surface area contributed by atoms with E-state index >= 15 is 4.79 Å². The number of amides is 1. The zero-order valence-electron chi connectivity index (χ0n) is 52.1. The number of rotatable bonds is 28. The second-order valence-corrected chi connectivity index (χ2v) is 26.1. The van der Waals surface area contributed by atoms with E-state index in [1.807, 2.05) is 20.8 Å². The SMILES string of the molecule is C=C[C@H]1O[C@H]2C[C@H]3OC[C@@]3(OC(C)=O)[C@H]3[C@H](OC(=O)c4ccccc4)[C@]4(C(C)(C)O)C[C@H](OC(=O)[C@H](OC(=O)OCC5COC(CCCCCCCC/C=C\C/C=C\CCCC)O5)[C@H](CC(C)C)NC(=O)OC(C)(C)C)C(C)=C4[C@H](O)[C@H](O1)[C@]23C. The molecule has 0 aromatic heterocycles. The molecule has 2 unspecified atom stereocenters. The van der Waals surface area contributed by atoms with E-state index in [1.54, 1.807) is 58.0 Å². The molecule has 0 spiro atoms. The zero-order valence-corrected chi connectivity index (χ0v) is 52.1. The van der Waals surface area contributed by atoms with E-state index in [2.05, 4.69) is 43.1 Å². The number of ether oxygens (including phenoxy) is 11. The monoisotopic (exact) mass is 1190 g/mol. The van der Waals surface area contributed by atoms with Crippen LogP contribution >= 0.6 is 0 Å². The Bertz CT molecular complexity index is 2530. The summed E-state index contributed by atoms with van der Waals surface area (Å²) in [5.74, 6) is -3.87. The summed E-state index contributed by atoms with van der Waals surface area (Å²) in [5, 5.41) is 29.1. The van der Waals surface area contributed by atoms with Crippen LogP contribution in [0.15, 0.2) is 78.4 Å². The average molecular weight is 1190 g/mol. The molecule has 6 aliphatic rings. The molecule has 3 aliphatic heterocycles. The second-order valence-electron chi connectivity index (χ2n) is 26.1. The Morgan fingerprint density at radius 3 is 2.19 bits per heavy atom. The van der Waals surface area contributed by atoms with Crippen molar-refractivity contribution < 1.29 is 86.3 Å². The van der Waals surface area contributed by atoms with Crippen molar-refractivity contribution in [2.75, 3.05) is 19.8 Å². The molecule has 3 aliphatic carbocycles. The van der Waals surface area contributed by atoms with Crippen LogP contribution in [0.3, 0.4) is 0 Å². The van der Waals surface area contributed by atoms with Crippen LogP contribution in [0, 0.1) is 22.7 Å². The Labute approximate surface area is 503 Å². The standard InChI is InChI=1S/C66H97NO18/c1-13-15-16-17-18-19-20-21-22-23-24-25-26-27-31-34-51-75-38-45(78-51)39-76-61(73)82-54(46(35-41(3)4)67-60(72)85-62(7,8)9)59(71)79-47-37-65(63(10,11)74)52(42(47)5)53(69)56-64(12)48(80-50(14-2)81-56)36-49-66(40-77-49,84-43(6)68)55(64)57(65)83-58(70)44-32-29-28-30-33-44/h14,17-18,20-21,28-30,32-33,41,45-51,53-57,69,74H,2,13,15-16,19,22-27,31,34-40H2,1,3-12H3,(H,67,72)/b18-17-,21-20-/t45?,46-,47-,48-,49+,50-,51?,53-,54+,55-,56-,57-,64+,65-,66-/m0/s1. The molecule has 0 radical (unpaired) electrons. The lowest BCUT2D eigenvalue weighted by Crippen LogP contribution is -2.80. The molecule has 3 heterocycles. The van der Waals surface area contributed by atoms with Crippen LogP contribution < -0.4 is 5.32 Å². The van der Waals surface area contributed by atoms with Crippen LogP contribution in [-0.4, -0.2) is 144 Å². The number of aliphatic hydroxyl groups is 2. The van der Waals surface area contributed by atoms with Crippen molar-refractivity contribution in [1.82, 2.24) is 5.32 Å². The predicted octanol–water partition coefficient (Wildman–Crippen LogP) is 11.0. The van der Waals surface area contributed by atoms with Crippen molar-refractivity contribution in [3.8, 4) is 0 Å². The number of carbonyl (C=O) groups excluding carboxylic acids is 5. The highest BCUT2D eigenvalue weighted by Gasteiger charge is 2.80. The average Bonchev–Trinajstić information content (AvgIpc) is 1.61. The minimum atomic E-state index is -1.95. The van der Waals surface area contributed by atoms with Gasteiger partial charge in [-0.15, -0.1) is 0 Å². The minimum absolute atomic E-state index is 0.0885. The van der Waals surface area contributed by atoms with Gasteiger partial charge in [0, 0.05) is 25.2 Å². The number of hydrogen-bond donors (Lipinski definition) is 3. The topological polar surface area (TPSA) is 239 Å². The maximum atomic E-state index is 15.3. The van der Waals surface area contributed by atoms with Crippen LogP contribution in [-0.2, 0) is 61.7 Å². The third-order valence-electron chi connectivity index (χ3n) is 17.8. The fourth-order valence-corrected chi connectivity index (χ4v) is 13.8. The van der Waals surface area contributed by atoms with Crippen molar-refractivity contribution in [1.29, 1.82) is 0 Å². The molecule has 19 heteroatoms. The van der Waals surface area contributed by atoms with Crippen molar-refractivity contribution in [2.24, 2.45) is 22.7 Å². The Morgan fingerprint density at radius 1 is 0.882 bits per heavy atom.